The number of hydrogen-bond acceptors (Lipinski definition) is 4. The molecule has 0 spiro atoms. The molecule has 0 fully saturated rings. The van der Waals surface area contributed by atoms with Crippen molar-refractivity contribution < 1.29 is 0 Å². The van der Waals surface area contributed by atoms with Crippen LogP contribution < -0.4 is 0 Å². The molecule has 5 nitrogen and oxygen atoms in total. The number of imidazole rings is 1. The van der Waals surface area contributed by atoms with Crippen LogP contribution in [0.2, 0.25) is 0 Å². The van der Waals surface area contributed by atoms with E-state index in [0.717, 1.165) is 77.7 Å². The van der Waals surface area contributed by atoms with Gasteiger partial charge in [-0.15, -0.1) is 0 Å². The highest BCUT2D eigenvalue weighted by molar-refractivity contribution is 6.15. The van der Waals surface area contributed by atoms with Crippen LogP contribution in [-0.2, 0) is 0 Å². The summed E-state index contributed by atoms with van der Waals surface area (Å²) in [4.78, 5) is 21.3. The molecule has 0 N–H and O–H groups in total. The molecule has 0 atom stereocenters. The van der Waals surface area contributed by atoms with Crippen LogP contribution in [0, 0.1) is 0 Å². The fourth-order valence-corrected chi connectivity index (χ4v) is 8.75. The van der Waals surface area contributed by atoms with Gasteiger partial charge >= 0.3 is 0 Å². The summed E-state index contributed by atoms with van der Waals surface area (Å²) in [6.45, 7) is 0. The maximum Gasteiger partial charge on any atom is 0.160 e. The molecule has 12 rings (SSSR count). The molecule has 57 heavy (non-hydrogen) atoms. The molecule has 8 aromatic carbocycles. The van der Waals surface area contributed by atoms with Crippen LogP contribution in [0.15, 0.2) is 188 Å². The molecule has 0 saturated carbocycles. The van der Waals surface area contributed by atoms with E-state index in [1.807, 2.05) is 30.3 Å². The van der Waals surface area contributed by atoms with Crippen molar-refractivity contribution in [2.75, 3.05) is 0 Å². The Labute approximate surface area is 327 Å². The first-order valence-corrected chi connectivity index (χ1v) is 19.2. The fraction of sp³-hybridized carbons (Fsp3) is 0. The number of fused-ring (bicyclic) bond motifs is 11. The zero-order chi connectivity index (χ0) is 37.5. The molecule has 4 aromatic heterocycles. The highest BCUT2D eigenvalue weighted by atomic mass is 15.0. The average Bonchev–Trinajstić information content (AvgIpc) is 3.68. The summed E-state index contributed by atoms with van der Waals surface area (Å²) in [5, 5.41) is 10.5. The van der Waals surface area contributed by atoms with Crippen molar-refractivity contribution >= 4 is 70.7 Å². The van der Waals surface area contributed by atoms with E-state index in [0.29, 0.717) is 5.82 Å². The van der Waals surface area contributed by atoms with Crippen LogP contribution in [0.3, 0.4) is 0 Å². The van der Waals surface area contributed by atoms with Gasteiger partial charge in [0.25, 0.3) is 0 Å². The van der Waals surface area contributed by atoms with E-state index in [9.17, 15) is 0 Å². The van der Waals surface area contributed by atoms with Crippen molar-refractivity contribution in [1.29, 1.82) is 0 Å². The van der Waals surface area contributed by atoms with E-state index in [1.54, 1.807) is 0 Å². The van der Waals surface area contributed by atoms with Crippen LogP contribution in [-0.4, -0.2) is 24.3 Å². The quantitative estimate of drug-likeness (QED) is 0.170. The number of pyridine rings is 2. The van der Waals surface area contributed by atoms with E-state index in [4.69, 9.17) is 19.9 Å². The molecule has 4 heterocycles. The smallest absolute Gasteiger partial charge is 0.160 e. The molecule has 264 valence electrons. The van der Waals surface area contributed by atoms with Gasteiger partial charge in [0.1, 0.15) is 11.2 Å². The SMILES string of the molecule is c1cc(-c2nc(-c3cc4ccccc4c4ccccc34)cc(-c3cc4ccccc4c4ccccc34)n2)cc(-c2nc3ccccc3c3nc4ccccn4c23)c1. The van der Waals surface area contributed by atoms with Crippen molar-refractivity contribution in [3.8, 4) is 45.2 Å². The summed E-state index contributed by atoms with van der Waals surface area (Å²) in [5.41, 5.74) is 10.3. The van der Waals surface area contributed by atoms with Crippen LogP contribution in [0.5, 0.6) is 0 Å². The van der Waals surface area contributed by atoms with Gasteiger partial charge in [0, 0.05) is 33.8 Å². The topological polar surface area (TPSA) is 56.0 Å². The van der Waals surface area contributed by atoms with Crippen molar-refractivity contribution in [3.63, 3.8) is 0 Å². The maximum atomic E-state index is 5.44. The van der Waals surface area contributed by atoms with Gasteiger partial charge in [-0.1, -0.05) is 140 Å². The Morgan fingerprint density at radius 1 is 0.368 bits per heavy atom. The van der Waals surface area contributed by atoms with Gasteiger partial charge in [-0.2, -0.15) is 0 Å². The molecule has 0 amide bonds. The van der Waals surface area contributed by atoms with Crippen LogP contribution >= 0.6 is 0 Å². The minimum Gasteiger partial charge on any atom is -0.298 e. The molecule has 0 unspecified atom stereocenters. The monoisotopic (exact) mass is 725 g/mol. The number of benzene rings is 8. The summed E-state index contributed by atoms with van der Waals surface area (Å²) < 4.78 is 2.14. The standard InChI is InChI=1S/C52H31N5/c1-3-18-36-32(14-1)29-43(40-22-7-5-20-38(36)40)46-31-47(44-30-33-15-2-4-19-37(33)39-21-6-8-23-41(39)44)55-52(54-46)35-17-13-16-34(28-35)49-51-50(42-24-9-10-25-45(42)53-49)56-48-26-11-12-27-57(48)51/h1-31H. The number of aromatic nitrogens is 5. The lowest BCUT2D eigenvalue weighted by Crippen LogP contribution is -1.98. The molecule has 12 aromatic rings. The van der Waals surface area contributed by atoms with E-state index in [2.05, 4.69) is 162 Å². The van der Waals surface area contributed by atoms with Crippen molar-refractivity contribution in [2.45, 2.75) is 0 Å². The van der Waals surface area contributed by atoms with Crippen LogP contribution in [0.4, 0.5) is 0 Å². The Kier molecular flexibility index (Phi) is 6.86. The van der Waals surface area contributed by atoms with Gasteiger partial charge in [-0.3, -0.25) is 4.40 Å². The Bertz CT molecular complexity index is 3460. The Morgan fingerprint density at radius 2 is 0.912 bits per heavy atom. The lowest BCUT2D eigenvalue weighted by Gasteiger charge is -2.15. The van der Waals surface area contributed by atoms with E-state index < -0.39 is 0 Å². The average molecular weight is 726 g/mol. The van der Waals surface area contributed by atoms with Crippen molar-refractivity contribution in [3.05, 3.63) is 188 Å². The molecule has 0 aliphatic carbocycles. The minimum atomic E-state index is 0.647. The van der Waals surface area contributed by atoms with Gasteiger partial charge in [0.2, 0.25) is 0 Å². The summed E-state index contributed by atoms with van der Waals surface area (Å²) in [5.74, 6) is 0.647. The number of rotatable bonds is 4. The second-order valence-electron chi connectivity index (χ2n) is 14.6. The Morgan fingerprint density at radius 3 is 1.58 bits per heavy atom. The fourth-order valence-electron chi connectivity index (χ4n) is 8.75. The highest BCUT2D eigenvalue weighted by Gasteiger charge is 2.20. The predicted molar refractivity (Wildman–Crippen MR) is 235 cm³/mol. The zero-order valence-electron chi connectivity index (χ0n) is 30.6. The second kappa shape index (κ2) is 12.4. The third-order valence-electron chi connectivity index (χ3n) is 11.4. The number of hydrogen-bond donors (Lipinski definition) is 0. The van der Waals surface area contributed by atoms with Gasteiger partial charge in [-0.05, 0) is 85.6 Å². The molecule has 0 aliphatic heterocycles. The number of nitrogens with zero attached hydrogens (tertiary/aromatic N) is 5. The molecule has 0 saturated heterocycles. The molecule has 0 bridgehead atoms. The molecule has 0 aliphatic rings. The first-order chi connectivity index (χ1) is 28.2. The van der Waals surface area contributed by atoms with E-state index in [-0.39, 0.29) is 0 Å². The predicted octanol–water partition coefficient (Wildman–Crippen LogP) is 13.1. The Balaban J connectivity index is 1.14. The first kappa shape index (κ1) is 31.6. The minimum absolute atomic E-state index is 0.647. The highest BCUT2D eigenvalue weighted by Crippen LogP contribution is 2.40. The number of para-hydroxylation sites is 1. The van der Waals surface area contributed by atoms with Gasteiger partial charge in [0.15, 0.2) is 5.82 Å². The summed E-state index contributed by atoms with van der Waals surface area (Å²) in [7, 11) is 0. The summed E-state index contributed by atoms with van der Waals surface area (Å²) >= 11 is 0. The van der Waals surface area contributed by atoms with E-state index in [1.165, 1.54) is 32.3 Å². The molecule has 0 radical (unpaired) electrons. The summed E-state index contributed by atoms with van der Waals surface area (Å²) in [6, 6.07) is 64.1. The summed E-state index contributed by atoms with van der Waals surface area (Å²) in [6.07, 6.45) is 2.06. The van der Waals surface area contributed by atoms with Crippen molar-refractivity contribution in [1.82, 2.24) is 24.3 Å². The maximum absolute atomic E-state index is 5.44. The molecular formula is C52H31N5. The zero-order valence-corrected chi connectivity index (χ0v) is 30.6. The molecular weight excluding hydrogens is 695 g/mol. The lowest BCUT2D eigenvalue weighted by molar-refractivity contribution is 1.19. The van der Waals surface area contributed by atoms with Crippen LogP contribution in [0.1, 0.15) is 0 Å². The second-order valence-corrected chi connectivity index (χ2v) is 14.6. The third-order valence-corrected chi connectivity index (χ3v) is 11.4. The van der Waals surface area contributed by atoms with Gasteiger partial charge in [-0.25, -0.2) is 19.9 Å². The van der Waals surface area contributed by atoms with Gasteiger partial charge < -0.3 is 0 Å². The first-order valence-electron chi connectivity index (χ1n) is 19.2. The molecule has 5 heteroatoms. The Hall–Kier alpha value is -7.76. The largest absolute Gasteiger partial charge is 0.298 e. The third kappa shape index (κ3) is 4.96. The van der Waals surface area contributed by atoms with E-state index >= 15 is 0 Å². The van der Waals surface area contributed by atoms with Gasteiger partial charge in [0.05, 0.1) is 28.1 Å². The van der Waals surface area contributed by atoms with Crippen LogP contribution in [0.25, 0.3) is 116 Å². The van der Waals surface area contributed by atoms with Crippen molar-refractivity contribution in [2.24, 2.45) is 0 Å². The lowest BCUT2D eigenvalue weighted by atomic mass is 9.93. The normalized spacial score (nSPS) is 11.9.